The highest BCUT2D eigenvalue weighted by Crippen LogP contribution is 2.29. The molecule has 1 aliphatic rings. The molecule has 1 fully saturated rings. The third-order valence-corrected chi connectivity index (χ3v) is 8.36. The van der Waals surface area contributed by atoms with Crippen molar-refractivity contribution in [3.05, 3.63) is 35.9 Å². The van der Waals surface area contributed by atoms with E-state index in [9.17, 15) is 24.6 Å². The summed E-state index contributed by atoms with van der Waals surface area (Å²) in [6.07, 6.45) is 14.5. The van der Waals surface area contributed by atoms with Crippen LogP contribution in [-0.4, -0.2) is 84.3 Å². The largest absolute Gasteiger partial charge is 0.389 e. The first-order valence-electron chi connectivity index (χ1n) is 15.4. The molecule has 1 aliphatic carbocycles. The van der Waals surface area contributed by atoms with E-state index in [4.69, 9.17) is 12.8 Å². The van der Waals surface area contributed by atoms with Crippen molar-refractivity contribution in [1.82, 2.24) is 20.9 Å². The van der Waals surface area contributed by atoms with E-state index >= 15 is 0 Å². The third-order valence-electron chi connectivity index (χ3n) is 8.36. The Hall–Kier alpha value is -3.37. The summed E-state index contributed by atoms with van der Waals surface area (Å²) >= 11 is 0. The highest BCUT2D eigenvalue weighted by atomic mass is 16.3. The number of likely N-dealkylation sites (N-methyl/N-ethyl adjacent to an activating group) is 2. The van der Waals surface area contributed by atoms with Crippen LogP contribution in [0.15, 0.2) is 30.3 Å². The Balaban J connectivity index is 2.26. The first kappa shape index (κ1) is 35.8. The van der Waals surface area contributed by atoms with E-state index in [0.29, 0.717) is 25.9 Å². The standard InChI is InChI=1S/C34H50N4O5/c1-6-14-29(39)32(41)28(22-26-17-12-9-13-18-26)36-34(43)31(24(3)7-2)37-33(42)27(21-25-15-10-8-11-16-25)23-30(40)38(5)20-19-35-4/h1-2,8,10-11,15-16,24,26-29,31-32,35,39,41H,9,12-14,17-23H2,3-5H3,(H,36,43)(H,37,42)/t24?,27?,28?,29?,31-,32+/m0/s1. The van der Waals surface area contributed by atoms with E-state index in [-0.39, 0.29) is 24.7 Å². The van der Waals surface area contributed by atoms with Gasteiger partial charge >= 0.3 is 0 Å². The summed E-state index contributed by atoms with van der Waals surface area (Å²) in [5.41, 5.74) is 0.887. The van der Waals surface area contributed by atoms with Crippen LogP contribution in [0.5, 0.6) is 0 Å². The Morgan fingerprint density at radius 2 is 1.72 bits per heavy atom. The van der Waals surface area contributed by atoms with Gasteiger partial charge < -0.3 is 31.1 Å². The van der Waals surface area contributed by atoms with E-state index in [0.717, 1.165) is 37.7 Å². The Bertz CT molecular complexity index is 1090. The molecular weight excluding hydrogens is 544 g/mol. The van der Waals surface area contributed by atoms with Gasteiger partial charge in [-0.15, -0.1) is 24.7 Å². The van der Waals surface area contributed by atoms with Crippen molar-refractivity contribution < 1.29 is 24.6 Å². The quantitative estimate of drug-likeness (QED) is 0.175. The van der Waals surface area contributed by atoms with Crippen molar-refractivity contribution in [1.29, 1.82) is 0 Å². The van der Waals surface area contributed by atoms with E-state index in [1.807, 2.05) is 30.3 Å². The Morgan fingerprint density at radius 3 is 2.33 bits per heavy atom. The lowest BCUT2D eigenvalue weighted by molar-refractivity contribution is -0.137. The van der Waals surface area contributed by atoms with E-state index in [2.05, 4.69) is 27.8 Å². The molecule has 236 valence electrons. The zero-order valence-electron chi connectivity index (χ0n) is 25.9. The van der Waals surface area contributed by atoms with Gasteiger partial charge in [-0.2, -0.15) is 0 Å². The van der Waals surface area contributed by atoms with E-state index < -0.39 is 47.9 Å². The number of aliphatic hydroxyl groups is 2. The van der Waals surface area contributed by atoms with Crippen LogP contribution in [0.1, 0.15) is 63.9 Å². The van der Waals surface area contributed by atoms with Gasteiger partial charge in [0.15, 0.2) is 0 Å². The average molecular weight is 595 g/mol. The minimum atomic E-state index is -1.28. The van der Waals surface area contributed by atoms with Crippen molar-refractivity contribution in [3.8, 4) is 24.7 Å². The normalized spacial score (nSPS) is 17.7. The smallest absolute Gasteiger partial charge is 0.244 e. The van der Waals surface area contributed by atoms with E-state index in [1.54, 1.807) is 25.9 Å². The third kappa shape index (κ3) is 12.0. The molecule has 0 heterocycles. The molecule has 0 aromatic heterocycles. The highest BCUT2D eigenvalue weighted by Gasteiger charge is 2.35. The lowest BCUT2D eigenvalue weighted by Gasteiger charge is -2.33. The summed E-state index contributed by atoms with van der Waals surface area (Å²) in [5, 5.41) is 30.2. The number of carbonyl (C=O) groups is 3. The molecule has 0 radical (unpaired) electrons. The van der Waals surface area contributed by atoms with Gasteiger partial charge in [0, 0.05) is 38.9 Å². The Labute approximate surface area is 257 Å². The number of nitrogens with one attached hydrogen (secondary N) is 3. The van der Waals surface area contributed by atoms with Crippen LogP contribution in [0.25, 0.3) is 0 Å². The molecule has 9 nitrogen and oxygen atoms in total. The van der Waals surface area contributed by atoms with Crippen molar-refractivity contribution in [2.45, 2.75) is 89.0 Å². The number of amides is 3. The maximum absolute atomic E-state index is 13.7. The number of nitrogens with zero attached hydrogens (tertiary/aromatic N) is 1. The number of benzene rings is 1. The van der Waals surface area contributed by atoms with Gasteiger partial charge in [0.1, 0.15) is 12.1 Å². The van der Waals surface area contributed by atoms with Gasteiger partial charge in [-0.3, -0.25) is 14.4 Å². The predicted molar refractivity (Wildman–Crippen MR) is 168 cm³/mol. The number of carbonyl (C=O) groups excluding carboxylic acids is 3. The maximum Gasteiger partial charge on any atom is 0.244 e. The molecule has 6 atom stereocenters. The Kier molecular flexibility index (Phi) is 15.8. The number of hydrogen-bond acceptors (Lipinski definition) is 6. The van der Waals surface area contributed by atoms with Crippen LogP contribution in [0.2, 0.25) is 0 Å². The van der Waals surface area contributed by atoms with E-state index in [1.165, 1.54) is 0 Å². The van der Waals surface area contributed by atoms with Crippen molar-refractivity contribution in [3.63, 3.8) is 0 Å². The minimum absolute atomic E-state index is 0.0407. The molecule has 5 N–H and O–H groups in total. The lowest BCUT2D eigenvalue weighted by Crippen LogP contribution is -2.57. The predicted octanol–water partition coefficient (Wildman–Crippen LogP) is 1.87. The fourth-order valence-electron chi connectivity index (χ4n) is 5.56. The van der Waals surface area contributed by atoms with Crippen molar-refractivity contribution >= 4 is 17.7 Å². The molecule has 3 amide bonds. The summed E-state index contributed by atoms with van der Waals surface area (Å²) in [6.45, 7) is 2.77. The minimum Gasteiger partial charge on any atom is -0.389 e. The van der Waals surface area contributed by atoms with Gasteiger partial charge in [0.2, 0.25) is 17.7 Å². The molecule has 1 saturated carbocycles. The second-order valence-electron chi connectivity index (χ2n) is 11.8. The summed E-state index contributed by atoms with van der Waals surface area (Å²) in [5.74, 6) is 2.58. The molecule has 0 aliphatic heterocycles. The fourth-order valence-corrected chi connectivity index (χ4v) is 5.56. The summed E-state index contributed by atoms with van der Waals surface area (Å²) in [7, 11) is 3.50. The molecule has 0 spiro atoms. The van der Waals surface area contributed by atoms with Crippen LogP contribution < -0.4 is 16.0 Å². The molecule has 2 rings (SSSR count). The molecule has 0 saturated heterocycles. The van der Waals surface area contributed by atoms with Crippen LogP contribution in [0, 0.1) is 42.4 Å². The molecular formula is C34H50N4O5. The SMILES string of the molecule is C#CCC(O)[C@H](O)C(CC1CCCCC1)NC(=O)[C@@H](NC(=O)C(CC(=O)N(C)CCNC)Cc1ccccc1)C(C)C#C. The second-order valence-corrected chi connectivity index (χ2v) is 11.8. The maximum atomic E-state index is 13.7. The fraction of sp³-hybridized carbons (Fsp3) is 0.618. The zero-order valence-corrected chi connectivity index (χ0v) is 25.9. The first-order valence-corrected chi connectivity index (χ1v) is 15.4. The van der Waals surface area contributed by atoms with Crippen LogP contribution in [0.4, 0.5) is 0 Å². The first-order chi connectivity index (χ1) is 20.6. The molecule has 9 heteroatoms. The van der Waals surface area contributed by atoms with Gasteiger partial charge in [-0.1, -0.05) is 62.4 Å². The Morgan fingerprint density at radius 1 is 1.05 bits per heavy atom. The molecule has 1 aromatic carbocycles. The second kappa shape index (κ2) is 19.0. The monoisotopic (exact) mass is 594 g/mol. The summed E-state index contributed by atoms with van der Waals surface area (Å²) < 4.78 is 0. The average Bonchev–Trinajstić information content (AvgIpc) is 3.01. The van der Waals surface area contributed by atoms with Gasteiger partial charge in [-0.25, -0.2) is 0 Å². The molecule has 1 aromatic rings. The topological polar surface area (TPSA) is 131 Å². The van der Waals surface area contributed by atoms with Gasteiger partial charge in [0.05, 0.1) is 18.1 Å². The lowest BCUT2D eigenvalue weighted by atomic mass is 9.82. The number of aliphatic hydroxyl groups excluding tert-OH is 2. The van der Waals surface area contributed by atoms with Gasteiger partial charge in [-0.05, 0) is 38.3 Å². The molecule has 43 heavy (non-hydrogen) atoms. The van der Waals surface area contributed by atoms with Crippen LogP contribution in [0.3, 0.4) is 0 Å². The van der Waals surface area contributed by atoms with Crippen LogP contribution in [-0.2, 0) is 20.8 Å². The molecule has 4 unspecified atom stereocenters. The van der Waals surface area contributed by atoms with Gasteiger partial charge in [0.25, 0.3) is 0 Å². The summed E-state index contributed by atoms with van der Waals surface area (Å²) in [6, 6.07) is 7.51. The highest BCUT2D eigenvalue weighted by molar-refractivity contribution is 5.91. The van der Waals surface area contributed by atoms with Crippen molar-refractivity contribution in [2.75, 3.05) is 27.2 Å². The number of rotatable bonds is 17. The zero-order chi connectivity index (χ0) is 31.8. The number of terminal acetylenes is 2. The van der Waals surface area contributed by atoms with Crippen molar-refractivity contribution in [2.24, 2.45) is 17.8 Å². The number of hydrogen-bond donors (Lipinski definition) is 5. The summed E-state index contributed by atoms with van der Waals surface area (Å²) in [4.78, 5) is 42.0. The van der Waals surface area contributed by atoms with Crippen LogP contribution >= 0.6 is 0 Å². The molecule has 0 bridgehead atoms.